The van der Waals surface area contributed by atoms with Crippen LogP contribution in [0.25, 0.3) is 0 Å². The first-order chi connectivity index (χ1) is 9.13. The third-order valence-corrected chi connectivity index (χ3v) is 2.42. The van der Waals surface area contributed by atoms with Crippen molar-refractivity contribution < 1.29 is 19.1 Å². The van der Waals surface area contributed by atoms with E-state index in [4.69, 9.17) is 4.74 Å². The van der Waals surface area contributed by atoms with Gasteiger partial charge in [-0.25, -0.2) is 9.69 Å². The zero-order chi connectivity index (χ0) is 15.5. The largest absolute Gasteiger partial charge is 0.443 e. The van der Waals surface area contributed by atoms with Gasteiger partial charge in [-0.05, 0) is 39.8 Å². The van der Waals surface area contributed by atoms with Crippen LogP contribution in [0.3, 0.4) is 0 Å². The van der Waals surface area contributed by atoms with Crippen molar-refractivity contribution in [2.24, 2.45) is 0 Å². The Kier molecular flexibility index (Phi) is 4.65. The van der Waals surface area contributed by atoms with Crippen LogP contribution in [0.1, 0.15) is 45.0 Å². The molecule has 0 saturated heterocycles. The van der Waals surface area contributed by atoms with Crippen molar-refractivity contribution in [1.29, 1.82) is 0 Å². The zero-order valence-electron chi connectivity index (χ0n) is 12.4. The predicted molar refractivity (Wildman–Crippen MR) is 75.8 cm³/mol. The van der Waals surface area contributed by atoms with Crippen molar-refractivity contribution in [3.63, 3.8) is 0 Å². The molecule has 0 heterocycles. The maximum atomic E-state index is 12.1. The van der Waals surface area contributed by atoms with Gasteiger partial charge in [-0.15, -0.1) is 0 Å². The molecule has 0 fully saturated rings. The topological polar surface area (TPSA) is 63.7 Å². The van der Waals surface area contributed by atoms with Crippen LogP contribution >= 0.6 is 0 Å². The molecule has 20 heavy (non-hydrogen) atoms. The Morgan fingerprint density at radius 3 is 2.05 bits per heavy atom. The van der Waals surface area contributed by atoms with E-state index in [9.17, 15) is 14.4 Å². The van der Waals surface area contributed by atoms with Gasteiger partial charge in [-0.3, -0.25) is 9.59 Å². The molecule has 0 N–H and O–H groups in total. The second-order valence-corrected chi connectivity index (χ2v) is 5.41. The van der Waals surface area contributed by atoms with Gasteiger partial charge in [-0.2, -0.15) is 0 Å². The van der Waals surface area contributed by atoms with Gasteiger partial charge in [0, 0.05) is 12.5 Å². The van der Waals surface area contributed by atoms with Gasteiger partial charge < -0.3 is 4.74 Å². The molecule has 0 radical (unpaired) electrons. The number of hydrogen-bond acceptors (Lipinski definition) is 4. The van der Waals surface area contributed by atoms with Gasteiger partial charge in [0.15, 0.2) is 5.78 Å². The SMILES string of the molecule is CC(=O)c1ccccc1N(C(C)=O)C(=O)OC(C)(C)C. The summed E-state index contributed by atoms with van der Waals surface area (Å²) in [5.41, 5.74) is -0.189. The maximum Gasteiger partial charge on any atom is 0.421 e. The molecule has 0 aliphatic rings. The van der Waals surface area contributed by atoms with Crippen LogP contribution in [-0.2, 0) is 9.53 Å². The number of hydrogen-bond donors (Lipinski definition) is 0. The van der Waals surface area contributed by atoms with E-state index in [1.807, 2.05) is 0 Å². The minimum atomic E-state index is -0.793. The molecule has 0 aromatic heterocycles. The minimum absolute atomic E-state index is 0.226. The first kappa shape index (κ1) is 15.9. The summed E-state index contributed by atoms with van der Waals surface area (Å²) in [7, 11) is 0. The molecule has 108 valence electrons. The van der Waals surface area contributed by atoms with Crippen molar-refractivity contribution >= 4 is 23.5 Å². The summed E-state index contributed by atoms with van der Waals surface area (Å²) in [6, 6.07) is 6.44. The highest BCUT2D eigenvalue weighted by atomic mass is 16.6. The van der Waals surface area contributed by atoms with Gasteiger partial charge in [0.2, 0.25) is 5.91 Å². The van der Waals surface area contributed by atoms with Crippen LogP contribution in [0, 0.1) is 0 Å². The van der Waals surface area contributed by atoms with Gasteiger partial charge >= 0.3 is 6.09 Å². The molecule has 0 spiro atoms. The van der Waals surface area contributed by atoms with Crippen molar-refractivity contribution in [3.8, 4) is 0 Å². The van der Waals surface area contributed by atoms with Crippen molar-refractivity contribution in [2.45, 2.75) is 40.2 Å². The monoisotopic (exact) mass is 277 g/mol. The molecule has 5 heteroatoms. The van der Waals surface area contributed by atoms with Crippen LogP contribution in [0.4, 0.5) is 10.5 Å². The Hall–Kier alpha value is -2.17. The lowest BCUT2D eigenvalue weighted by Crippen LogP contribution is -2.40. The smallest absolute Gasteiger partial charge is 0.421 e. The van der Waals surface area contributed by atoms with E-state index in [1.165, 1.54) is 13.8 Å². The third kappa shape index (κ3) is 3.91. The van der Waals surface area contributed by atoms with Crippen molar-refractivity contribution in [2.75, 3.05) is 4.90 Å². The normalized spacial score (nSPS) is 10.8. The summed E-state index contributed by atoms with van der Waals surface area (Å²) < 4.78 is 5.21. The van der Waals surface area contributed by atoms with Crippen LogP contribution in [0.5, 0.6) is 0 Å². The second kappa shape index (κ2) is 5.86. The van der Waals surface area contributed by atoms with Gasteiger partial charge in [-0.1, -0.05) is 12.1 Å². The number of nitrogens with zero attached hydrogens (tertiary/aromatic N) is 1. The van der Waals surface area contributed by atoms with E-state index in [2.05, 4.69) is 0 Å². The van der Waals surface area contributed by atoms with Gasteiger partial charge in [0.25, 0.3) is 0 Å². The summed E-state index contributed by atoms with van der Waals surface area (Å²) in [5, 5.41) is 0. The lowest BCUT2D eigenvalue weighted by atomic mass is 10.1. The number of para-hydroxylation sites is 1. The molecule has 0 aliphatic heterocycles. The molecule has 0 bridgehead atoms. The number of carbonyl (C=O) groups excluding carboxylic acids is 3. The first-order valence-electron chi connectivity index (χ1n) is 6.27. The average Bonchev–Trinajstić information content (AvgIpc) is 2.26. The number of anilines is 1. The number of benzene rings is 1. The number of imide groups is 1. The third-order valence-electron chi connectivity index (χ3n) is 2.42. The summed E-state index contributed by atoms with van der Waals surface area (Å²) >= 11 is 0. The molecule has 0 atom stereocenters. The van der Waals surface area contributed by atoms with E-state index in [0.717, 1.165) is 4.90 Å². The molecule has 0 aliphatic carbocycles. The van der Waals surface area contributed by atoms with Gasteiger partial charge in [0.1, 0.15) is 5.60 Å². The Bertz CT molecular complexity index is 543. The molecule has 1 rings (SSSR count). The Labute approximate surface area is 118 Å². The maximum absolute atomic E-state index is 12.1. The molecule has 1 aromatic rings. The number of ether oxygens (including phenoxy) is 1. The highest BCUT2D eigenvalue weighted by Crippen LogP contribution is 2.23. The summed E-state index contributed by atoms with van der Waals surface area (Å²) in [4.78, 5) is 36.4. The lowest BCUT2D eigenvalue weighted by Gasteiger charge is -2.26. The van der Waals surface area contributed by atoms with Crippen LogP contribution in [-0.4, -0.2) is 23.4 Å². The molecular weight excluding hydrogens is 258 g/mol. The fourth-order valence-corrected chi connectivity index (χ4v) is 1.67. The number of ketones is 1. The molecule has 0 saturated carbocycles. The minimum Gasteiger partial charge on any atom is -0.443 e. The number of amides is 2. The van der Waals surface area contributed by atoms with Gasteiger partial charge in [0.05, 0.1) is 5.69 Å². The van der Waals surface area contributed by atoms with E-state index in [1.54, 1.807) is 45.0 Å². The van der Waals surface area contributed by atoms with E-state index in [0.29, 0.717) is 5.56 Å². The molecule has 5 nitrogen and oxygen atoms in total. The van der Waals surface area contributed by atoms with E-state index in [-0.39, 0.29) is 11.5 Å². The number of carbonyl (C=O) groups is 3. The molecule has 0 unspecified atom stereocenters. The number of rotatable bonds is 2. The standard InChI is InChI=1S/C15H19NO4/c1-10(17)12-8-6-7-9-13(12)16(11(2)18)14(19)20-15(3,4)5/h6-9H,1-5H3. The van der Waals surface area contributed by atoms with Crippen LogP contribution in [0.15, 0.2) is 24.3 Å². The summed E-state index contributed by atoms with van der Waals surface area (Å²) in [5.74, 6) is -0.733. The Morgan fingerprint density at radius 1 is 1.05 bits per heavy atom. The average molecular weight is 277 g/mol. The van der Waals surface area contributed by atoms with Crippen LogP contribution < -0.4 is 4.90 Å². The fourth-order valence-electron chi connectivity index (χ4n) is 1.67. The van der Waals surface area contributed by atoms with Crippen molar-refractivity contribution in [3.05, 3.63) is 29.8 Å². The quantitative estimate of drug-likeness (QED) is 0.779. The number of Topliss-reactive ketones (excluding diaryl/α,β-unsaturated/α-hetero) is 1. The Morgan fingerprint density at radius 2 is 1.60 bits per heavy atom. The first-order valence-corrected chi connectivity index (χ1v) is 6.27. The van der Waals surface area contributed by atoms with Crippen molar-refractivity contribution in [1.82, 2.24) is 0 Å². The molecule has 1 aromatic carbocycles. The second-order valence-electron chi connectivity index (χ2n) is 5.41. The molecular formula is C15H19NO4. The van der Waals surface area contributed by atoms with E-state index >= 15 is 0 Å². The fraction of sp³-hybridized carbons (Fsp3) is 0.400. The summed E-state index contributed by atoms with van der Waals surface area (Å²) in [6.07, 6.45) is -0.793. The van der Waals surface area contributed by atoms with Crippen LogP contribution in [0.2, 0.25) is 0 Å². The molecule has 2 amide bonds. The summed E-state index contributed by atoms with van der Waals surface area (Å²) in [6.45, 7) is 7.76. The Balaban J connectivity index is 3.26. The predicted octanol–water partition coefficient (Wildman–Crippen LogP) is 3.18. The highest BCUT2D eigenvalue weighted by molar-refractivity contribution is 6.15. The van der Waals surface area contributed by atoms with E-state index < -0.39 is 17.6 Å². The highest BCUT2D eigenvalue weighted by Gasteiger charge is 2.28. The zero-order valence-corrected chi connectivity index (χ0v) is 12.4. The lowest BCUT2D eigenvalue weighted by molar-refractivity contribution is -0.116.